The van der Waals surface area contributed by atoms with Crippen molar-refractivity contribution in [2.45, 2.75) is 0 Å². The van der Waals surface area contributed by atoms with Crippen molar-refractivity contribution < 1.29 is 18.8 Å². The second-order valence-corrected chi connectivity index (χ2v) is 0.807. The van der Waals surface area contributed by atoms with Crippen LogP contribution in [0, 0.1) is 0 Å². The van der Waals surface area contributed by atoms with Crippen LogP contribution in [0.4, 0.5) is 4.79 Å². The van der Waals surface area contributed by atoms with Gasteiger partial charge in [-0.2, -0.15) is 3.84 Å². The zero-order chi connectivity index (χ0) is 6.28. The van der Waals surface area contributed by atoms with Gasteiger partial charge in [-0.15, -0.1) is 0 Å². The first-order valence-corrected chi connectivity index (χ1v) is 1.58. The maximum Gasteiger partial charge on any atom is 0.503 e. The van der Waals surface area contributed by atoms with Crippen LogP contribution in [-0.2, 0) is 3.84 Å². The highest BCUT2D eigenvalue weighted by Gasteiger charge is 1.70. The lowest BCUT2D eigenvalue weighted by Gasteiger charge is -1.60. The lowest BCUT2D eigenvalue weighted by atomic mass is 11.5. The van der Waals surface area contributed by atoms with Crippen molar-refractivity contribution in [3.8, 4) is 0 Å². The standard InChI is InChI=1S/CH2O3.Cl2O/c2-1(3)4;1-3-2/h(H2,2,3,4);. The van der Waals surface area contributed by atoms with Gasteiger partial charge >= 0.3 is 6.16 Å². The van der Waals surface area contributed by atoms with E-state index in [1.54, 1.807) is 0 Å². The molecule has 0 unspecified atom stereocenters. The first-order valence-electron chi connectivity index (χ1n) is 0.960. The third kappa shape index (κ3) is 2340. The van der Waals surface area contributed by atoms with Gasteiger partial charge in [-0.3, -0.25) is 0 Å². The second-order valence-electron chi connectivity index (χ2n) is 0.341. The van der Waals surface area contributed by atoms with Crippen LogP contribution in [0.5, 0.6) is 0 Å². The molecule has 0 aromatic carbocycles. The van der Waals surface area contributed by atoms with Crippen molar-refractivity contribution in [2.75, 3.05) is 0 Å². The van der Waals surface area contributed by atoms with Gasteiger partial charge in [0.05, 0.1) is 23.7 Å². The molecule has 0 aromatic heterocycles. The summed E-state index contributed by atoms with van der Waals surface area (Å²) in [6, 6.07) is 0. The van der Waals surface area contributed by atoms with Crippen LogP contribution in [0.3, 0.4) is 0 Å². The molecule has 4 nitrogen and oxygen atoms in total. The average Bonchev–Trinajstić information content (AvgIpc) is 1.33. The van der Waals surface area contributed by atoms with Gasteiger partial charge in [0.15, 0.2) is 0 Å². The summed E-state index contributed by atoms with van der Waals surface area (Å²) < 4.78 is 3.19. The summed E-state index contributed by atoms with van der Waals surface area (Å²) in [5.41, 5.74) is 0. The normalized spacial score (nSPS) is 6.00. The SMILES string of the molecule is ClOCl.O=C(O)O. The topological polar surface area (TPSA) is 66.8 Å². The van der Waals surface area contributed by atoms with E-state index in [1.807, 2.05) is 0 Å². The molecule has 0 aliphatic carbocycles. The number of carbonyl (C=O) groups is 1. The van der Waals surface area contributed by atoms with Crippen molar-refractivity contribution in [1.82, 2.24) is 0 Å². The van der Waals surface area contributed by atoms with Crippen molar-refractivity contribution in [3.05, 3.63) is 0 Å². The molecular weight excluding hydrogens is 147 g/mol. The van der Waals surface area contributed by atoms with E-state index in [0.29, 0.717) is 0 Å². The second kappa shape index (κ2) is 9.26. The molecule has 0 saturated carbocycles. The Morgan fingerprint density at radius 1 is 1.43 bits per heavy atom. The van der Waals surface area contributed by atoms with Crippen molar-refractivity contribution in [1.29, 1.82) is 0 Å². The van der Waals surface area contributed by atoms with Gasteiger partial charge in [-0.25, -0.2) is 4.79 Å². The first-order chi connectivity index (χ1) is 3.15. The summed E-state index contributed by atoms with van der Waals surface area (Å²) in [6.07, 6.45) is -1.83. The molecule has 0 atom stereocenters. The molecule has 0 amide bonds. The Morgan fingerprint density at radius 3 is 1.43 bits per heavy atom. The predicted molar refractivity (Wildman–Crippen MR) is 23.4 cm³/mol. The third-order valence-electron chi connectivity index (χ3n) is 0. The molecule has 44 valence electrons. The Morgan fingerprint density at radius 2 is 1.43 bits per heavy atom. The van der Waals surface area contributed by atoms with Crippen LogP contribution in [-0.4, -0.2) is 16.4 Å². The first kappa shape index (κ1) is 9.94. The Labute approximate surface area is 49.6 Å². The minimum absolute atomic E-state index is 1.83. The number of halogens is 2. The average molecular weight is 149 g/mol. The summed E-state index contributed by atoms with van der Waals surface area (Å²) >= 11 is 8.53. The van der Waals surface area contributed by atoms with E-state index in [4.69, 9.17) is 15.0 Å². The molecule has 0 radical (unpaired) electrons. The monoisotopic (exact) mass is 148 g/mol. The minimum atomic E-state index is -1.83. The van der Waals surface area contributed by atoms with Gasteiger partial charge in [0.2, 0.25) is 0 Å². The summed E-state index contributed by atoms with van der Waals surface area (Å²) in [5, 5.41) is 13.9. The smallest absolute Gasteiger partial charge is 0.450 e. The van der Waals surface area contributed by atoms with E-state index < -0.39 is 6.16 Å². The number of rotatable bonds is 0. The van der Waals surface area contributed by atoms with E-state index in [9.17, 15) is 0 Å². The molecule has 7 heavy (non-hydrogen) atoms. The van der Waals surface area contributed by atoms with Crippen molar-refractivity contribution >= 4 is 29.9 Å². The molecule has 0 rings (SSSR count). The fraction of sp³-hybridized carbons (Fsp3) is 0. The largest absolute Gasteiger partial charge is 0.503 e. The van der Waals surface area contributed by atoms with Gasteiger partial charge in [0.25, 0.3) is 0 Å². The molecule has 0 saturated heterocycles. The van der Waals surface area contributed by atoms with Gasteiger partial charge in [-0.1, -0.05) is 0 Å². The highest BCUT2D eigenvalue weighted by atomic mass is 35.6. The van der Waals surface area contributed by atoms with E-state index in [1.165, 1.54) is 0 Å². The van der Waals surface area contributed by atoms with Gasteiger partial charge in [0, 0.05) is 0 Å². The summed E-state index contributed by atoms with van der Waals surface area (Å²) in [7, 11) is 0. The van der Waals surface area contributed by atoms with Crippen LogP contribution >= 0.6 is 23.7 Å². The Balaban J connectivity index is 0. The number of carboxylic acid groups (broad SMARTS) is 2. The Bertz CT molecular complexity index is 41.0. The highest BCUT2D eigenvalue weighted by Crippen LogP contribution is 1.78. The molecule has 6 heteroatoms. The van der Waals surface area contributed by atoms with Crippen molar-refractivity contribution in [2.24, 2.45) is 0 Å². The molecular formula is CH2Cl2O4. The number of hydrogen-bond acceptors (Lipinski definition) is 2. The van der Waals surface area contributed by atoms with Crippen molar-refractivity contribution in [3.63, 3.8) is 0 Å². The van der Waals surface area contributed by atoms with Crippen LogP contribution < -0.4 is 0 Å². The lowest BCUT2D eigenvalue weighted by molar-refractivity contribution is 0.137. The molecule has 0 bridgehead atoms. The molecule has 0 aromatic rings. The van der Waals surface area contributed by atoms with Crippen LogP contribution in [0.2, 0.25) is 0 Å². The Hall–Kier alpha value is -0.190. The number of hydrogen-bond donors (Lipinski definition) is 2. The van der Waals surface area contributed by atoms with Crippen LogP contribution in [0.25, 0.3) is 0 Å². The summed E-state index contributed by atoms with van der Waals surface area (Å²) in [4.78, 5) is 8.56. The maximum atomic E-state index is 8.56. The van der Waals surface area contributed by atoms with Crippen LogP contribution in [0.1, 0.15) is 0 Å². The lowest BCUT2D eigenvalue weighted by Crippen LogP contribution is -1.81. The maximum absolute atomic E-state index is 8.56. The fourth-order valence-electron chi connectivity index (χ4n) is 0. The van der Waals surface area contributed by atoms with Gasteiger partial charge < -0.3 is 10.2 Å². The minimum Gasteiger partial charge on any atom is -0.450 e. The molecule has 2 N–H and O–H groups in total. The summed E-state index contributed by atoms with van der Waals surface area (Å²) in [5.74, 6) is 0. The highest BCUT2D eigenvalue weighted by molar-refractivity contribution is 6.24. The quantitative estimate of drug-likeness (QED) is 0.547. The van der Waals surface area contributed by atoms with E-state index >= 15 is 0 Å². The molecule has 0 spiro atoms. The van der Waals surface area contributed by atoms with Gasteiger partial charge in [-0.05, 0) is 0 Å². The predicted octanol–water partition coefficient (Wildman–Crippen LogP) is 1.53. The summed E-state index contributed by atoms with van der Waals surface area (Å²) in [6.45, 7) is 0. The zero-order valence-corrected chi connectivity index (χ0v) is 4.48. The van der Waals surface area contributed by atoms with E-state index in [0.717, 1.165) is 0 Å². The van der Waals surface area contributed by atoms with Crippen LogP contribution in [0.15, 0.2) is 0 Å². The van der Waals surface area contributed by atoms with E-state index in [-0.39, 0.29) is 0 Å². The zero-order valence-electron chi connectivity index (χ0n) is 2.97. The Kier molecular flexibility index (Phi) is 13.1. The molecule has 0 aliphatic heterocycles. The fourth-order valence-corrected chi connectivity index (χ4v) is 0. The van der Waals surface area contributed by atoms with E-state index in [2.05, 4.69) is 27.6 Å². The molecule has 0 fully saturated rings. The third-order valence-corrected chi connectivity index (χ3v) is 0. The molecule has 0 heterocycles. The molecule has 0 aliphatic rings. The van der Waals surface area contributed by atoms with Gasteiger partial charge in [0.1, 0.15) is 0 Å².